The van der Waals surface area contributed by atoms with E-state index in [1.54, 1.807) is 0 Å². The Morgan fingerprint density at radius 3 is 2.64 bits per heavy atom. The van der Waals surface area contributed by atoms with Crippen LogP contribution in [0.2, 0.25) is 0 Å². The minimum atomic E-state index is -0.129. The van der Waals surface area contributed by atoms with Gasteiger partial charge in [-0.25, -0.2) is 0 Å². The van der Waals surface area contributed by atoms with Crippen LogP contribution in [0, 0.1) is 11.8 Å². The van der Waals surface area contributed by atoms with Crippen LogP contribution >= 0.6 is 0 Å². The highest BCUT2D eigenvalue weighted by atomic mass is 16.2. The third-order valence-corrected chi connectivity index (χ3v) is 5.17. The molecule has 0 aromatic heterocycles. The smallest absolute Gasteiger partial charge is 0.261 e. The van der Waals surface area contributed by atoms with Gasteiger partial charge in [0.05, 0.1) is 0 Å². The number of rotatable bonds is 1. The van der Waals surface area contributed by atoms with Gasteiger partial charge in [-0.2, -0.15) is 0 Å². The summed E-state index contributed by atoms with van der Waals surface area (Å²) >= 11 is 0. The van der Waals surface area contributed by atoms with E-state index in [0.717, 1.165) is 30.0 Å². The molecule has 2 amide bonds. The highest BCUT2D eigenvalue weighted by Crippen LogP contribution is 2.37. The number of hydrogen-bond acceptors (Lipinski definition) is 2. The van der Waals surface area contributed by atoms with Crippen LogP contribution in [0.1, 0.15) is 36.0 Å². The number of benzene rings is 2. The van der Waals surface area contributed by atoms with Crippen molar-refractivity contribution in [3.8, 4) is 0 Å². The van der Waals surface area contributed by atoms with Crippen LogP contribution in [-0.2, 0) is 4.79 Å². The predicted molar refractivity (Wildman–Crippen MR) is 85.4 cm³/mol. The Morgan fingerprint density at radius 2 is 1.77 bits per heavy atom. The monoisotopic (exact) mass is 293 g/mol. The normalized spacial score (nSPS) is 24.5. The lowest BCUT2D eigenvalue weighted by Crippen LogP contribution is -2.33. The summed E-state index contributed by atoms with van der Waals surface area (Å²) in [6, 6.07) is 13.6. The fraction of sp³-hybridized carbons (Fsp3) is 0.368. The number of amides is 2. The molecule has 2 aromatic carbocycles. The van der Waals surface area contributed by atoms with Crippen LogP contribution in [0.5, 0.6) is 0 Å². The predicted octanol–water partition coefficient (Wildman–Crippen LogP) is 3.63. The van der Waals surface area contributed by atoms with E-state index in [4.69, 9.17) is 0 Å². The molecule has 0 bridgehead atoms. The maximum Gasteiger partial charge on any atom is 0.261 e. The van der Waals surface area contributed by atoms with Crippen molar-refractivity contribution < 1.29 is 9.59 Å². The molecule has 0 unspecified atom stereocenters. The number of nitrogens with zero attached hydrogens (tertiary/aromatic N) is 1. The Balaban J connectivity index is 1.70. The van der Waals surface area contributed by atoms with Gasteiger partial charge in [0.1, 0.15) is 0 Å². The summed E-state index contributed by atoms with van der Waals surface area (Å²) < 4.78 is 0. The van der Waals surface area contributed by atoms with E-state index in [1.165, 1.54) is 11.3 Å². The van der Waals surface area contributed by atoms with Gasteiger partial charge in [0.15, 0.2) is 0 Å². The molecule has 1 heterocycles. The summed E-state index contributed by atoms with van der Waals surface area (Å²) in [7, 11) is 0. The summed E-state index contributed by atoms with van der Waals surface area (Å²) in [4.78, 5) is 27.0. The number of likely N-dealkylation sites (tertiary alicyclic amines) is 1. The first kappa shape index (κ1) is 13.5. The van der Waals surface area contributed by atoms with Crippen LogP contribution in [0.15, 0.2) is 42.5 Å². The van der Waals surface area contributed by atoms with E-state index in [9.17, 15) is 9.59 Å². The maximum absolute atomic E-state index is 12.9. The first-order valence-corrected chi connectivity index (χ1v) is 8.09. The highest BCUT2D eigenvalue weighted by Gasteiger charge is 2.44. The molecule has 4 rings (SSSR count). The van der Waals surface area contributed by atoms with Crippen molar-refractivity contribution in [2.75, 3.05) is 6.54 Å². The van der Waals surface area contributed by atoms with Crippen molar-refractivity contribution >= 4 is 22.6 Å². The molecule has 112 valence electrons. The zero-order chi connectivity index (χ0) is 15.1. The standard InChI is InChI=1S/C19H19NO2/c21-18-16-10-4-2-7-14(16)12-20(18)19(22)17-11-5-8-13-6-1-3-9-15(13)17/h1,3,5-6,8-9,11,14,16H,2,4,7,10,12H2/t14-,16-/m1/s1. The summed E-state index contributed by atoms with van der Waals surface area (Å²) in [5.41, 5.74) is 0.644. The molecule has 2 aliphatic rings. The number of carbonyl (C=O) groups excluding carboxylic acids is 2. The van der Waals surface area contributed by atoms with Gasteiger partial charge in [0, 0.05) is 18.0 Å². The number of fused-ring (bicyclic) bond motifs is 2. The second kappa shape index (κ2) is 5.24. The Kier molecular flexibility index (Phi) is 3.21. The number of imide groups is 1. The lowest BCUT2D eigenvalue weighted by molar-refractivity contribution is -0.129. The van der Waals surface area contributed by atoms with Crippen LogP contribution in [0.4, 0.5) is 0 Å². The minimum absolute atomic E-state index is 0.0441. The molecule has 22 heavy (non-hydrogen) atoms. The molecule has 3 nitrogen and oxygen atoms in total. The molecule has 1 aliphatic heterocycles. The van der Waals surface area contributed by atoms with Crippen molar-refractivity contribution in [2.24, 2.45) is 11.8 Å². The van der Waals surface area contributed by atoms with Gasteiger partial charge in [-0.1, -0.05) is 49.2 Å². The molecule has 0 N–H and O–H groups in total. The van der Waals surface area contributed by atoms with Crippen molar-refractivity contribution in [3.63, 3.8) is 0 Å². The van der Waals surface area contributed by atoms with Gasteiger partial charge in [0.25, 0.3) is 5.91 Å². The summed E-state index contributed by atoms with van der Waals surface area (Å²) in [6.45, 7) is 0.603. The first-order valence-electron chi connectivity index (χ1n) is 8.09. The topological polar surface area (TPSA) is 37.4 Å². The third-order valence-electron chi connectivity index (χ3n) is 5.17. The van der Waals surface area contributed by atoms with Gasteiger partial charge in [-0.15, -0.1) is 0 Å². The van der Waals surface area contributed by atoms with Gasteiger partial charge in [-0.05, 0) is 35.6 Å². The SMILES string of the molecule is O=C(c1cccc2ccccc12)N1C[C@H]2CCCC[C@H]2C1=O. The van der Waals surface area contributed by atoms with Crippen LogP contribution in [-0.4, -0.2) is 23.3 Å². The quantitative estimate of drug-likeness (QED) is 0.753. The molecule has 0 radical (unpaired) electrons. The number of hydrogen-bond donors (Lipinski definition) is 0. The first-order chi connectivity index (χ1) is 10.8. The maximum atomic E-state index is 12.9. The lowest BCUT2D eigenvalue weighted by Gasteiger charge is -2.21. The van der Waals surface area contributed by atoms with E-state index in [0.29, 0.717) is 18.0 Å². The van der Waals surface area contributed by atoms with E-state index in [-0.39, 0.29) is 17.7 Å². The van der Waals surface area contributed by atoms with E-state index in [2.05, 4.69) is 0 Å². The summed E-state index contributed by atoms with van der Waals surface area (Å²) in [6.07, 6.45) is 4.33. The Morgan fingerprint density at radius 1 is 1.00 bits per heavy atom. The molecular formula is C19H19NO2. The average molecular weight is 293 g/mol. The van der Waals surface area contributed by atoms with E-state index in [1.807, 2.05) is 42.5 Å². The van der Waals surface area contributed by atoms with Crippen LogP contribution in [0.3, 0.4) is 0 Å². The van der Waals surface area contributed by atoms with Crippen molar-refractivity contribution in [3.05, 3.63) is 48.0 Å². The zero-order valence-corrected chi connectivity index (χ0v) is 12.5. The second-order valence-corrected chi connectivity index (χ2v) is 6.43. The molecule has 2 aromatic rings. The average Bonchev–Trinajstić information content (AvgIpc) is 2.91. The Labute approximate surface area is 129 Å². The Hall–Kier alpha value is -2.16. The van der Waals surface area contributed by atoms with Crippen LogP contribution < -0.4 is 0 Å². The molecule has 2 fully saturated rings. The molecule has 1 saturated heterocycles. The molecule has 2 atom stereocenters. The molecule has 0 spiro atoms. The van der Waals surface area contributed by atoms with Crippen molar-refractivity contribution in [1.29, 1.82) is 0 Å². The molecule has 1 saturated carbocycles. The zero-order valence-electron chi connectivity index (χ0n) is 12.5. The largest absolute Gasteiger partial charge is 0.278 e. The summed E-state index contributed by atoms with van der Waals surface area (Å²) in [5.74, 6) is 0.367. The Bertz CT molecular complexity index is 747. The minimum Gasteiger partial charge on any atom is -0.278 e. The molecular weight excluding hydrogens is 274 g/mol. The van der Waals surface area contributed by atoms with Crippen LogP contribution in [0.25, 0.3) is 10.8 Å². The van der Waals surface area contributed by atoms with Gasteiger partial charge in [-0.3, -0.25) is 14.5 Å². The fourth-order valence-electron chi connectivity index (χ4n) is 4.02. The van der Waals surface area contributed by atoms with Crippen molar-refractivity contribution in [2.45, 2.75) is 25.7 Å². The molecule has 1 aliphatic carbocycles. The summed E-state index contributed by atoms with van der Waals surface area (Å²) in [5, 5.41) is 1.97. The number of carbonyl (C=O) groups is 2. The second-order valence-electron chi connectivity index (χ2n) is 6.43. The van der Waals surface area contributed by atoms with Crippen molar-refractivity contribution in [1.82, 2.24) is 4.90 Å². The third kappa shape index (κ3) is 2.04. The van der Waals surface area contributed by atoms with E-state index >= 15 is 0 Å². The van der Waals surface area contributed by atoms with Gasteiger partial charge in [0.2, 0.25) is 5.91 Å². The van der Waals surface area contributed by atoms with E-state index < -0.39 is 0 Å². The molecule has 3 heteroatoms. The van der Waals surface area contributed by atoms with Gasteiger partial charge >= 0.3 is 0 Å². The lowest BCUT2D eigenvalue weighted by atomic mass is 9.81. The van der Waals surface area contributed by atoms with Gasteiger partial charge < -0.3 is 0 Å². The highest BCUT2D eigenvalue weighted by molar-refractivity contribution is 6.13. The fourth-order valence-corrected chi connectivity index (χ4v) is 4.02.